The van der Waals surface area contributed by atoms with Crippen molar-refractivity contribution < 1.29 is 9.53 Å². The van der Waals surface area contributed by atoms with Gasteiger partial charge in [0.25, 0.3) is 5.91 Å². The summed E-state index contributed by atoms with van der Waals surface area (Å²) in [4.78, 5) is 14.1. The molecule has 0 aliphatic rings. The normalized spacial score (nSPS) is 10.9. The minimum Gasteiger partial charge on any atom is -0.494 e. The van der Waals surface area contributed by atoms with Gasteiger partial charge in [0.15, 0.2) is 0 Å². The molecular formula is C23H22N4O2. The Balaban J connectivity index is 1.55. The van der Waals surface area contributed by atoms with Crippen LogP contribution in [0.3, 0.4) is 0 Å². The molecule has 0 saturated carbocycles. The van der Waals surface area contributed by atoms with Gasteiger partial charge in [-0.05, 0) is 86.5 Å². The van der Waals surface area contributed by atoms with E-state index in [2.05, 4.69) is 41.5 Å². The second kappa shape index (κ2) is 7.75. The molecule has 0 bridgehead atoms. The fourth-order valence-corrected chi connectivity index (χ4v) is 3.03. The highest BCUT2D eigenvalue weighted by Gasteiger charge is 2.10. The number of nitrogens with zero attached hydrogens (tertiary/aromatic N) is 3. The topological polar surface area (TPSA) is 69.0 Å². The summed E-state index contributed by atoms with van der Waals surface area (Å²) in [5, 5.41) is 12.0. The molecule has 1 amide bonds. The molecule has 29 heavy (non-hydrogen) atoms. The Morgan fingerprint density at radius 2 is 1.69 bits per heavy atom. The van der Waals surface area contributed by atoms with Crippen molar-refractivity contribution >= 4 is 22.6 Å². The van der Waals surface area contributed by atoms with Crippen molar-refractivity contribution in [3.63, 3.8) is 0 Å². The van der Waals surface area contributed by atoms with Crippen LogP contribution in [0.4, 0.5) is 5.69 Å². The number of benzene rings is 3. The highest BCUT2D eigenvalue weighted by molar-refractivity contribution is 6.05. The lowest BCUT2D eigenvalue weighted by Gasteiger charge is -2.06. The van der Waals surface area contributed by atoms with E-state index in [1.54, 1.807) is 29.1 Å². The fourth-order valence-electron chi connectivity index (χ4n) is 3.03. The smallest absolute Gasteiger partial charge is 0.255 e. The SMILES string of the molecule is CCOc1ccc(C(=O)Nc2ccc3nn(-c4ccc(C)c(C)c4)nc3c2)cc1. The molecule has 0 radical (unpaired) electrons. The van der Waals surface area contributed by atoms with E-state index >= 15 is 0 Å². The van der Waals surface area contributed by atoms with E-state index in [9.17, 15) is 4.79 Å². The van der Waals surface area contributed by atoms with Gasteiger partial charge in [-0.15, -0.1) is 10.2 Å². The first-order chi connectivity index (χ1) is 14.0. The van der Waals surface area contributed by atoms with E-state index < -0.39 is 0 Å². The number of anilines is 1. The lowest BCUT2D eigenvalue weighted by molar-refractivity contribution is 0.102. The van der Waals surface area contributed by atoms with Crippen molar-refractivity contribution in [1.29, 1.82) is 0 Å². The third-order valence-electron chi connectivity index (χ3n) is 4.79. The zero-order chi connectivity index (χ0) is 20.4. The number of aromatic nitrogens is 3. The van der Waals surface area contributed by atoms with E-state index in [1.807, 2.05) is 31.2 Å². The Kier molecular flexibility index (Phi) is 4.99. The van der Waals surface area contributed by atoms with Crippen LogP contribution in [-0.4, -0.2) is 27.5 Å². The van der Waals surface area contributed by atoms with Crippen LogP contribution in [0.15, 0.2) is 60.7 Å². The van der Waals surface area contributed by atoms with Crippen LogP contribution in [0.1, 0.15) is 28.4 Å². The van der Waals surface area contributed by atoms with Crippen molar-refractivity contribution in [1.82, 2.24) is 15.0 Å². The number of aryl methyl sites for hydroxylation is 2. The molecule has 146 valence electrons. The zero-order valence-electron chi connectivity index (χ0n) is 16.6. The first kappa shape index (κ1) is 18.7. The van der Waals surface area contributed by atoms with Gasteiger partial charge in [-0.2, -0.15) is 4.80 Å². The Hall–Kier alpha value is -3.67. The standard InChI is InChI=1S/C23H22N4O2/c1-4-29-20-10-6-17(7-11-20)23(28)24-18-8-12-21-22(14-18)26-27(25-21)19-9-5-15(2)16(3)13-19/h5-14H,4H2,1-3H3,(H,24,28). The molecule has 0 spiro atoms. The Bertz CT molecular complexity index is 1180. The molecule has 0 fully saturated rings. The maximum atomic E-state index is 12.5. The van der Waals surface area contributed by atoms with Gasteiger partial charge in [0.05, 0.1) is 12.3 Å². The lowest BCUT2D eigenvalue weighted by atomic mass is 10.1. The van der Waals surface area contributed by atoms with Gasteiger partial charge in [-0.3, -0.25) is 4.79 Å². The number of nitrogens with one attached hydrogen (secondary N) is 1. The summed E-state index contributed by atoms with van der Waals surface area (Å²) in [6.07, 6.45) is 0. The van der Waals surface area contributed by atoms with E-state index in [0.29, 0.717) is 23.4 Å². The second-order valence-electron chi connectivity index (χ2n) is 6.87. The maximum absolute atomic E-state index is 12.5. The number of rotatable bonds is 5. The molecule has 1 aromatic heterocycles. The molecule has 4 rings (SSSR count). The summed E-state index contributed by atoms with van der Waals surface area (Å²) in [6.45, 7) is 6.66. The highest BCUT2D eigenvalue weighted by Crippen LogP contribution is 2.20. The summed E-state index contributed by atoms with van der Waals surface area (Å²) >= 11 is 0. The highest BCUT2D eigenvalue weighted by atomic mass is 16.5. The van der Waals surface area contributed by atoms with Gasteiger partial charge >= 0.3 is 0 Å². The summed E-state index contributed by atoms with van der Waals surface area (Å²) in [7, 11) is 0. The van der Waals surface area contributed by atoms with Crippen molar-refractivity contribution in [3.05, 3.63) is 77.4 Å². The third-order valence-corrected chi connectivity index (χ3v) is 4.79. The van der Waals surface area contributed by atoms with E-state index in [-0.39, 0.29) is 5.91 Å². The summed E-state index contributed by atoms with van der Waals surface area (Å²) in [6, 6.07) is 18.7. The second-order valence-corrected chi connectivity index (χ2v) is 6.87. The van der Waals surface area contributed by atoms with Crippen molar-refractivity contribution in [2.24, 2.45) is 0 Å². The van der Waals surface area contributed by atoms with E-state index in [0.717, 1.165) is 17.0 Å². The molecule has 0 unspecified atom stereocenters. The Morgan fingerprint density at radius 1 is 0.931 bits per heavy atom. The molecular weight excluding hydrogens is 364 g/mol. The van der Waals surface area contributed by atoms with Gasteiger partial charge in [0.1, 0.15) is 16.8 Å². The van der Waals surface area contributed by atoms with Crippen LogP contribution in [-0.2, 0) is 0 Å². The van der Waals surface area contributed by atoms with Crippen molar-refractivity contribution in [2.45, 2.75) is 20.8 Å². The number of hydrogen-bond donors (Lipinski definition) is 1. The fraction of sp³-hybridized carbons (Fsp3) is 0.174. The van der Waals surface area contributed by atoms with Crippen molar-refractivity contribution in [2.75, 3.05) is 11.9 Å². The van der Waals surface area contributed by atoms with E-state index in [4.69, 9.17) is 4.74 Å². The molecule has 4 aromatic rings. The van der Waals surface area contributed by atoms with Crippen LogP contribution in [0.25, 0.3) is 16.7 Å². The van der Waals surface area contributed by atoms with Gasteiger partial charge in [0.2, 0.25) is 0 Å². The van der Waals surface area contributed by atoms with Gasteiger partial charge in [-0.25, -0.2) is 0 Å². The average Bonchev–Trinajstić information content (AvgIpc) is 3.14. The third kappa shape index (κ3) is 3.96. The van der Waals surface area contributed by atoms with Gasteiger partial charge in [0, 0.05) is 11.3 Å². The molecule has 0 aliphatic heterocycles. The van der Waals surface area contributed by atoms with Gasteiger partial charge in [-0.1, -0.05) is 6.07 Å². The van der Waals surface area contributed by atoms with E-state index in [1.165, 1.54) is 11.1 Å². The van der Waals surface area contributed by atoms with Gasteiger partial charge < -0.3 is 10.1 Å². The summed E-state index contributed by atoms with van der Waals surface area (Å²) in [5.74, 6) is 0.558. The predicted octanol–water partition coefficient (Wildman–Crippen LogP) is 4.69. The molecule has 1 N–H and O–H groups in total. The first-order valence-electron chi connectivity index (χ1n) is 9.52. The molecule has 3 aromatic carbocycles. The minimum absolute atomic E-state index is 0.186. The number of fused-ring (bicyclic) bond motifs is 1. The maximum Gasteiger partial charge on any atom is 0.255 e. The molecule has 0 aliphatic carbocycles. The van der Waals surface area contributed by atoms with Crippen LogP contribution >= 0.6 is 0 Å². The monoisotopic (exact) mass is 386 g/mol. The summed E-state index contributed by atoms with van der Waals surface area (Å²) < 4.78 is 5.41. The summed E-state index contributed by atoms with van der Waals surface area (Å²) in [5.41, 5.74) is 6.03. The molecule has 6 heteroatoms. The minimum atomic E-state index is -0.186. The van der Waals surface area contributed by atoms with Crippen LogP contribution < -0.4 is 10.1 Å². The number of ether oxygens (including phenoxy) is 1. The average molecular weight is 386 g/mol. The number of carbonyl (C=O) groups excluding carboxylic acids is 1. The molecule has 0 atom stereocenters. The molecule has 0 saturated heterocycles. The predicted molar refractivity (Wildman–Crippen MR) is 114 cm³/mol. The lowest BCUT2D eigenvalue weighted by Crippen LogP contribution is -2.11. The largest absolute Gasteiger partial charge is 0.494 e. The number of amides is 1. The Labute approximate surface area is 169 Å². The number of carbonyl (C=O) groups is 1. The Morgan fingerprint density at radius 3 is 2.41 bits per heavy atom. The molecule has 1 heterocycles. The van der Waals surface area contributed by atoms with Crippen LogP contribution in [0.2, 0.25) is 0 Å². The van der Waals surface area contributed by atoms with Crippen LogP contribution in [0.5, 0.6) is 5.75 Å². The van der Waals surface area contributed by atoms with Crippen molar-refractivity contribution in [3.8, 4) is 11.4 Å². The van der Waals surface area contributed by atoms with Crippen LogP contribution in [0, 0.1) is 13.8 Å². The number of hydrogen-bond acceptors (Lipinski definition) is 4. The quantitative estimate of drug-likeness (QED) is 0.540. The first-order valence-corrected chi connectivity index (χ1v) is 9.52. The molecule has 6 nitrogen and oxygen atoms in total. The zero-order valence-corrected chi connectivity index (χ0v) is 16.6.